The SMILES string of the molecule is CCc1cc(Cl)c(C(F)(F)F)s1. The first-order valence-electron chi connectivity index (χ1n) is 3.30. The number of hydrogen-bond donors (Lipinski definition) is 0. The number of aryl methyl sites for hydroxylation is 1. The molecule has 0 aliphatic carbocycles. The van der Waals surface area contributed by atoms with Crippen LogP contribution in [0.25, 0.3) is 0 Å². The Kier molecular flexibility index (Phi) is 2.68. The molecule has 0 fully saturated rings. The Labute approximate surface area is 77.0 Å². The summed E-state index contributed by atoms with van der Waals surface area (Å²) in [5, 5.41) is -0.190. The molecule has 1 rings (SSSR count). The van der Waals surface area contributed by atoms with Crippen molar-refractivity contribution >= 4 is 22.9 Å². The molecule has 5 heteroatoms. The van der Waals surface area contributed by atoms with Gasteiger partial charge in [-0.1, -0.05) is 18.5 Å². The zero-order chi connectivity index (χ0) is 9.35. The predicted octanol–water partition coefficient (Wildman–Crippen LogP) is 3.98. The second-order valence-corrected chi connectivity index (χ2v) is 3.79. The average Bonchev–Trinajstić information content (AvgIpc) is 2.29. The van der Waals surface area contributed by atoms with Gasteiger partial charge >= 0.3 is 6.18 Å². The van der Waals surface area contributed by atoms with Gasteiger partial charge in [-0.15, -0.1) is 11.3 Å². The van der Waals surface area contributed by atoms with Crippen molar-refractivity contribution in [3.63, 3.8) is 0 Å². The molecule has 0 N–H and O–H groups in total. The number of rotatable bonds is 1. The highest BCUT2D eigenvalue weighted by atomic mass is 35.5. The molecule has 0 nitrogen and oxygen atoms in total. The molecular weight excluding hydrogens is 209 g/mol. The van der Waals surface area contributed by atoms with E-state index in [2.05, 4.69) is 0 Å². The number of halogens is 4. The van der Waals surface area contributed by atoms with Crippen molar-refractivity contribution in [2.24, 2.45) is 0 Å². The van der Waals surface area contributed by atoms with Gasteiger partial charge in [-0.2, -0.15) is 13.2 Å². The monoisotopic (exact) mass is 214 g/mol. The molecule has 0 amide bonds. The molecule has 1 aromatic rings. The summed E-state index contributed by atoms with van der Waals surface area (Å²) in [5.41, 5.74) is 0. The van der Waals surface area contributed by atoms with Crippen LogP contribution in [-0.4, -0.2) is 0 Å². The van der Waals surface area contributed by atoms with Gasteiger partial charge in [0.05, 0.1) is 5.02 Å². The highest BCUT2D eigenvalue weighted by Crippen LogP contribution is 2.40. The topological polar surface area (TPSA) is 0 Å². The van der Waals surface area contributed by atoms with Gasteiger partial charge < -0.3 is 0 Å². The first-order chi connectivity index (χ1) is 5.45. The Morgan fingerprint density at radius 1 is 1.50 bits per heavy atom. The second kappa shape index (κ2) is 3.26. The molecular formula is C7H6ClF3S. The van der Waals surface area contributed by atoms with E-state index in [0.717, 1.165) is 0 Å². The molecule has 0 aliphatic heterocycles. The van der Waals surface area contributed by atoms with Gasteiger partial charge in [0.2, 0.25) is 0 Å². The van der Waals surface area contributed by atoms with Crippen LogP contribution in [0.15, 0.2) is 6.07 Å². The van der Waals surface area contributed by atoms with Crippen LogP contribution in [-0.2, 0) is 12.6 Å². The lowest BCUT2D eigenvalue weighted by molar-refractivity contribution is -0.134. The Morgan fingerprint density at radius 2 is 2.08 bits per heavy atom. The summed E-state index contributed by atoms with van der Waals surface area (Å²) in [7, 11) is 0. The Morgan fingerprint density at radius 3 is 2.33 bits per heavy atom. The molecule has 0 unspecified atom stereocenters. The molecule has 0 radical (unpaired) electrons. The van der Waals surface area contributed by atoms with Crippen molar-refractivity contribution in [3.8, 4) is 0 Å². The van der Waals surface area contributed by atoms with Gasteiger partial charge in [-0.05, 0) is 12.5 Å². The maximum atomic E-state index is 12.1. The van der Waals surface area contributed by atoms with E-state index in [4.69, 9.17) is 11.6 Å². The number of thiophene rings is 1. The first-order valence-corrected chi connectivity index (χ1v) is 4.50. The van der Waals surface area contributed by atoms with E-state index < -0.39 is 11.1 Å². The summed E-state index contributed by atoms with van der Waals surface area (Å²) in [6, 6.07) is 1.37. The van der Waals surface area contributed by atoms with E-state index in [1.54, 1.807) is 6.92 Å². The molecule has 0 aliphatic rings. The molecule has 0 aromatic carbocycles. The van der Waals surface area contributed by atoms with Crippen LogP contribution >= 0.6 is 22.9 Å². The number of alkyl halides is 3. The van der Waals surface area contributed by atoms with Crippen LogP contribution in [0.4, 0.5) is 13.2 Å². The minimum atomic E-state index is -4.31. The van der Waals surface area contributed by atoms with Crippen LogP contribution in [0.2, 0.25) is 5.02 Å². The zero-order valence-electron chi connectivity index (χ0n) is 6.20. The summed E-state index contributed by atoms with van der Waals surface area (Å²) in [5.74, 6) is 0. The molecule has 0 atom stereocenters. The Hall–Kier alpha value is -0.220. The number of hydrogen-bond acceptors (Lipinski definition) is 1. The minimum absolute atomic E-state index is 0.190. The normalized spacial score (nSPS) is 12.1. The summed E-state index contributed by atoms with van der Waals surface area (Å²) < 4.78 is 36.4. The van der Waals surface area contributed by atoms with Crippen LogP contribution in [0.3, 0.4) is 0 Å². The molecule has 0 spiro atoms. The van der Waals surface area contributed by atoms with Crippen molar-refractivity contribution in [2.75, 3.05) is 0 Å². The molecule has 1 heterocycles. The van der Waals surface area contributed by atoms with E-state index in [1.165, 1.54) is 6.07 Å². The van der Waals surface area contributed by atoms with E-state index in [1.807, 2.05) is 0 Å². The third kappa shape index (κ3) is 1.93. The van der Waals surface area contributed by atoms with Gasteiger partial charge in [-0.25, -0.2) is 0 Å². The second-order valence-electron chi connectivity index (χ2n) is 2.24. The molecule has 12 heavy (non-hydrogen) atoms. The standard InChI is InChI=1S/C7H6ClF3S/c1-2-4-3-5(8)6(12-4)7(9,10)11/h3H,2H2,1H3. The van der Waals surface area contributed by atoms with Gasteiger partial charge in [0.25, 0.3) is 0 Å². The van der Waals surface area contributed by atoms with Gasteiger partial charge in [-0.3, -0.25) is 0 Å². The van der Waals surface area contributed by atoms with Gasteiger partial charge in [0.15, 0.2) is 0 Å². The van der Waals surface area contributed by atoms with Crippen molar-refractivity contribution in [1.82, 2.24) is 0 Å². The summed E-state index contributed by atoms with van der Waals surface area (Å²) in [6.07, 6.45) is -3.73. The van der Waals surface area contributed by atoms with Crippen molar-refractivity contribution < 1.29 is 13.2 Å². The van der Waals surface area contributed by atoms with E-state index in [0.29, 0.717) is 22.6 Å². The fraction of sp³-hybridized carbons (Fsp3) is 0.429. The van der Waals surface area contributed by atoms with Crippen LogP contribution in [0.1, 0.15) is 16.7 Å². The average molecular weight is 215 g/mol. The predicted molar refractivity (Wildman–Crippen MR) is 43.7 cm³/mol. The zero-order valence-corrected chi connectivity index (χ0v) is 7.78. The van der Waals surface area contributed by atoms with E-state index >= 15 is 0 Å². The van der Waals surface area contributed by atoms with Crippen molar-refractivity contribution in [3.05, 3.63) is 20.8 Å². The smallest absolute Gasteiger partial charge is 0.165 e. The van der Waals surface area contributed by atoms with Gasteiger partial charge in [0, 0.05) is 4.88 Å². The van der Waals surface area contributed by atoms with Crippen LogP contribution in [0.5, 0.6) is 0 Å². The van der Waals surface area contributed by atoms with Gasteiger partial charge in [0.1, 0.15) is 4.88 Å². The third-order valence-corrected chi connectivity index (χ3v) is 3.08. The largest absolute Gasteiger partial charge is 0.427 e. The lowest BCUT2D eigenvalue weighted by Gasteiger charge is -2.01. The van der Waals surface area contributed by atoms with Crippen LogP contribution < -0.4 is 0 Å². The van der Waals surface area contributed by atoms with E-state index in [9.17, 15) is 13.2 Å². The Bertz CT molecular complexity index is 277. The fourth-order valence-electron chi connectivity index (χ4n) is 0.784. The quantitative estimate of drug-likeness (QED) is 0.663. The minimum Gasteiger partial charge on any atom is -0.165 e. The van der Waals surface area contributed by atoms with E-state index in [-0.39, 0.29) is 5.02 Å². The highest BCUT2D eigenvalue weighted by molar-refractivity contribution is 7.12. The highest BCUT2D eigenvalue weighted by Gasteiger charge is 2.35. The molecule has 1 aromatic heterocycles. The molecule has 0 saturated heterocycles. The van der Waals surface area contributed by atoms with Crippen LogP contribution in [0, 0.1) is 0 Å². The van der Waals surface area contributed by atoms with Crippen molar-refractivity contribution in [1.29, 1.82) is 0 Å². The maximum Gasteiger partial charge on any atom is 0.427 e. The summed E-state index contributed by atoms with van der Waals surface area (Å²) >= 11 is 6.11. The lowest BCUT2D eigenvalue weighted by atomic mass is 10.3. The fourth-order valence-corrected chi connectivity index (χ4v) is 2.06. The summed E-state index contributed by atoms with van der Waals surface area (Å²) in [4.78, 5) is -0.0339. The maximum absolute atomic E-state index is 12.1. The molecule has 0 bridgehead atoms. The molecule has 0 saturated carbocycles. The first kappa shape index (κ1) is 9.86. The van der Waals surface area contributed by atoms with Crippen molar-refractivity contribution in [2.45, 2.75) is 19.5 Å². The third-order valence-electron chi connectivity index (χ3n) is 1.34. The molecule has 68 valence electrons. The summed E-state index contributed by atoms with van der Waals surface area (Å²) in [6.45, 7) is 1.79. The lowest BCUT2D eigenvalue weighted by Crippen LogP contribution is -2.01. The Balaban J connectivity index is 3.08.